The molecular weight excluding hydrogens is 404 g/mol. The fraction of sp³-hybridized carbons (Fsp3) is 0.800. The number of nitrogens with zero attached hydrogens (tertiary/aromatic N) is 3. The van der Waals surface area contributed by atoms with Crippen LogP contribution < -0.4 is 5.56 Å². The summed E-state index contributed by atoms with van der Waals surface area (Å²) in [7, 11) is 1.76. The van der Waals surface area contributed by atoms with Gasteiger partial charge in [-0.25, -0.2) is 4.98 Å². The van der Waals surface area contributed by atoms with E-state index in [0.29, 0.717) is 18.7 Å². The van der Waals surface area contributed by atoms with Crippen molar-refractivity contribution < 1.29 is 9.53 Å². The first-order valence-electron chi connectivity index (χ1n) is 12.8. The number of H-pyrrole nitrogens is 1. The molecular formula is C25H38N4O3. The fourth-order valence-electron chi connectivity index (χ4n) is 6.42. The molecule has 1 N–H and O–H groups in total. The molecule has 1 saturated heterocycles. The number of carbonyl (C=O) groups is 1. The van der Waals surface area contributed by atoms with Crippen LogP contribution in [0.3, 0.4) is 0 Å². The van der Waals surface area contributed by atoms with Gasteiger partial charge in [-0.15, -0.1) is 0 Å². The van der Waals surface area contributed by atoms with Crippen molar-refractivity contribution in [3.8, 4) is 0 Å². The molecule has 1 unspecified atom stereocenters. The molecule has 5 rings (SSSR count). The van der Waals surface area contributed by atoms with E-state index < -0.39 is 0 Å². The Kier molecular flexibility index (Phi) is 6.65. The number of likely N-dealkylation sites (tertiary alicyclic amines) is 1. The lowest BCUT2D eigenvalue weighted by molar-refractivity contribution is -0.136. The van der Waals surface area contributed by atoms with E-state index in [0.717, 1.165) is 75.2 Å². The van der Waals surface area contributed by atoms with Crippen molar-refractivity contribution in [2.75, 3.05) is 26.7 Å². The maximum Gasteiger partial charge on any atom is 0.254 e. The van der Waals surface area contributed by atoms with Gasteiger partial charge in [0.25, 0.3) is 5.56 Å². The number of ether oxygens (including phenoxy) is 1. The smallest absolute Gasteiger partial charge is 0.254 e. The minimum absolute atomic E-state index is 0.0379. The Balaban J connectivity index is 1.24. The van der Waals surface area contributed by atoms with E-state index in [1.165, 1.54) is 32.1 Å². The highest BCUT2D eigenvalue weighted by Gasteiger charge is 2.35. The second kappa shape index (κ2) is 9.64. The third-order valence-electron chi connectivity index (χ3n) is 8.46. The number of hydrogen-bond donors (Lipinski definition) is 1. The summed E-state index contributed by atoms with van der Waals surface area (Å²) < 4.78 is 5.45. The highest BCUT2D eigenvalue weighted by Crippen LogP contribution is 2.32. The van der Waals surface area contributed by atoms with Gasteiger partial charge in [-0.1, -0.05) is 19.3 Å². The van der Waals surface area contributed by atoms with Crippen LogP contribution in [0.15, 0.2) is 4.79 Å². The summed E-state index contributed by atoms with van der Waals surface area (Å²) in [6, 6.07) is 0.647. The predicted molar refractivity (Wildman–Crippen MR) is 123 cm³/mol. The molecule has 3 fully saturated rings. The normalized spacial score (nSPS) is 29.8. The zero-order chi connectivity index (χ0) is 22.1. The average molecular weight is 443 g/mol. The number of aromatic amines is 1. The molecule has 2 aliphatic carbocycles. The first-order chi connectivity index (χ1) is 15.6. The number of hydrogen-bond acceptors (Lipinski definition) is 5. The number of amides is 1. The van der Waals surface area contributed by atoms with Crippen LogP contribution in [0.1, 0.15) is 87.2 Å². The predicted octanol–water partition coefficient (Wildman–Crippen LogP) is 2.98. The quantitative estimate of drug-likeness (QED) is 0.776. The minimum Gasteiger partial charge on any atom is -0.381 e. The summed E-state index contributed by atoms with van der Waals surface area (Å²) >= 11 is 0. The molecule has 0 radical (unpaired) electrons. The zero-order valence-electron chi connectivity index (χ0n) is 19.5. The van der Waals surface area contributed by atoms with Crippen LogP contribution in [0.25, 0.3) is 0 Å². The van der Waals surface area contributed by atoms with Crippen molar-refractivity contribution in [1.29, 1.82) is 0 Å². The van der Waals surface area contributed by atoms with E-state index >= 15 is 0 Å². The third kappa shape index (κ3) is 4.51. The summed E-state index contributed by atoms with van der Waals surface area (Å²) in [6.07, 6.45) is 12.3. The molecule has 0 spiro atoms. The lowest BCUT2D eigenvalue weighted by Crippen LogP contribution is -2.42. The lowest BCUT2D eigenvalue weighted by atomic mass is 9.86. The topological polar surface area (TPSA) is 78.5 Å². The molecule has 2 saturated carbocycles. The molecule has 1 atom stereocenters. The summed E-state index contributed by atoms with van der Waals surface area (Å²) in [5.41, 5.74) is 1.89. The van der Waals surface area contributed by atoms with Crippen LogP contribution in [-0.4, -0.2) is 64.6 Å². The molecule has 7 nitrogen and oxygen atoms in total. The van der Waals surface area contributed by atoms with Crippen molar-refractivity contribution in [2.45, 2.75) is 95.2 Å². The molecule has 1 amide bonds. The molecule has 0 aromatic carbocycles. The van der Waals surface area contributed by atoms with Crippen molar-refractivity contribution in [3.05, 3.63) is 27.4 Å². The van der Waals surface area contributed by atoms with Crippen LogP contribution in [0.5, 0.6) is 0 Å². The van der Waals surface area contributed by atoms with Gasteiger partial charge in [-0.3, -0.25) is 14.5 Å². The number of nitrogens with one attached hydrogen (secondary N) is 1. The van der Waals surface area contributed by atoms with E-state index in [-0.39, 0.29) is 23.3 Å². The summed E-state index contributed by atoms with van der Waals surface area (Å²) in [4.78, 5) is 38.5. The Bertz CT molecular complexity index is 870. The van der Waals surface area contributed by atoms with Gasteiger partial charge < -0.3 is 14.6 Å². The second-order valence-electron chi connectivity index (χ2n) is 10.4. The highest BCUT2D eigenvalue weighted by molar-refractivity contribution is 5.79. The van der Waals surface area contributed by atoms with Crippen LogP contribution in [0.4, 0.5) is 0 Å². The van der Waals surface area contributed by atoms with Gasteiger partial charge in [0.15, 0.2) is 0 Å². The number of fused-ring (bicyclic) bond motifs is 1. The van der Waals surface area contributed by atoms with E-state index in [4.69, 9.17) is 9.72 Å². The third-order valence-corrected chi connectivity index (χ3v) is 8.46. The van der Waals surface area contributed by atoms with Crippen LogP contribution in [-0.2, 0) is 22.5 Å². The van der Waals surface area contributed by atoms with Gasteiger partial charge in [0.1, 0.15) is 5.82 Å². The monoisotopic (exact) mass is 442 g/mol. The Hall–Kier alpha value is -1.73. The Morgan fingerprint density at radius 2 is 1.81 bits per heavy atom. The molecule has 176 valence electrons. The second-order valence-corrected chi connectivity index (χ2v) is 10.4. The van der Waals surface area contributed by atoms with Gasteiger partial charge in [0.2, 0.25) is 5.91 Å². The van der Waals surface area contributed by atoms with E-state index in [1.807, 2.05) is 4.90 Å². The van der Waals surface area contributed by atoms with Gasteiger partial charge in [0, 0.05) is 56.7 Å². The van der Waals surface area contributed by atoms with Gasteiger partial charge in [-0.2, -0.15) is 0 Å². The van der Waals surface area contributed by atoms with E-state index in [2.05, 4.69) is 9.88 Å². The molecule has 0 bridgehead atoms. The number of aromatic nitrogens is 2. The molecule has 2 aliphatic heterocycles. The lowest BCUT2D eigenvalue weighted by Gasteiger charge is -2.37. The fourth-order valence-corrected chi connectivity index (χ4v) is 6.42. The highest BCUT2D eigenvalue weighted by atomic mass is 16.5. The average Bonchev–Trinajstić information content (AvgIpc) is 3.34. The summed E-state index contributed by atoms with van der Waals surface area (Å²) in [5.74, 6) is 1.33. The maximum absolute atomic E-state index is 13.1. The summed E-state index contributed by atoms with van der Waals surface area (Å²) in [5, 5.41) is 0. The van der Waals surface area contributed by atoms with Crippen LogP contribution in [0, 0.1) is 5.92 Å². The van der Waals surface area contributed by atoms with Crippen molar-refractivity contribution in [2.24, 2.45) is 5.92 Å². The van der Waals surface area contributed by atoms with Crippen molar-refractivity contribution in [3.63, 3.8) is 0 Å². The van der Waals surface area contributed by atoms with Gasteiger partial charge in [-0.05, 0) is 51.4 Å². The largest absolute Gasteiger partial charge is 0.381 e. The Morgan fingerprint density at radius 1 is 1.03 bits per heavy atom. The Labute approximate surface area is 190 Å². The zero-order valence-corrected chi connectivity index (χ0v) is 19.5. The standard InChI is InChI=1S/C25H38N4O3/c1-32-20-9-7-17(8-10-20)25(31)29-13-11-18(15-29)23-26-22-16-28(19-5-3-2-4-6-19)14-12-21(22)24(30)27-23/h17-20H,2-16H2,1H3,(H,26,27,30). The molecule has 1 aromatic rings. The summed E-state index contributed by atoms with van der Waals surface area (Å²) in [6.45, 7) is 3.22. The van der Waals surface area contributed by atoms with Crippen molar-refractivity contribution in [1.82, 2.24) is 19.8 Å². The van der Waals surface area contributed by atoms with E-state index in [9.17, 15) is 9.59 Å². The first kappa shape index (κ1) is 22.1. The SMILES string of the molecule is COC1CCC(C(=O)N2CCC(c3nc4c(c(=O)[nH]3)CCN(C3CCCCC3)C4)C2)CC1. The van der Waals surface area contributed by atoms with Crippen molar-refractivity contribution >= 4 is 5.91 Å². The first-order valence-corrected chi connectivity index (χ1v) is 12.8. The molecule has 7 heteroatoms. The maximum atomic E-state index is 13.1. The molecule has 32 heavy (non-hydrogen) atoms. The number of rotatable bonds is 4. The minimum atomic E-state index is 0.0379. The molecule has 4 aliphatic rings. The van der Waals surface area contributed by atoms with Gasteiger partial charge in [0.05, 0.1) is 11.8 Å². The molecule has 1 aromatic heterocycles. The van der Waals surface area contributed by atoms with E-state index in [1.54, 1.807) is 7.11 Å². The molecule has 3 heterocycles. The number of methoxy groups -OCH3 is 1. The van der Waals surface area contributed by atoms with Gasteiger partial charge >= 0.3 is 0 Å². The van der Waals surface area contributed by atoms with Crippen LogP contribution in [0.2, 0.25) is 0 Å². The number of carbonyl (C=O) groups excluding carboxylic acids is 1. The Morgan fingerprint density at radius 3 is 2.56 bits per heavy atom. The van der Waals surface area contributed by atoms with Crippen LogP contribution >= 0.6 is 0 Å².